The van der Waals surface area contributed by atoms with Crippen LogP contribution < -0.4 is 5.32 Å². The molecule has 24 heavy (non-hydrogen) atoms. The molecule has 7 nitrogen and oxygen atoms in total. The number of ether oxygens (including phenoxy) is 1. The molecule has 2 aliphatic rings. The third-order valence-corrected chi connectivity index (χ3v) is 5.80. The van der Waals surface area contributed by atoms with Crippen LogP contribution in [-0.2, 0) is 16.6 Å². The zero-order chi connectivity index (χ0) is 17.5. The van der Waals surface area contributed by atoms with Crippen molar-refractivity contribution in [1.29, 1.82) is 0 Å². The van der Waals surface area contributed by atoms with Crippen molar-refractivity contribution in [2.75, 3.05) is 20.2 Å². The number of amides is 2. The highest BCUT2D eigenvalue weighted by Gasteiger charge is 2.59. The number of nitrogens with zero attached hydrogens (tertiary/aromatic N) is 3. The summed E-state index contributed by atoms with van der Waals surface area (Å²) >= 11 is 0. The van der Waals surface area contributed by atoms with Gasteiger partial charge in [-0.1, -0.05) is 0 Å². The normalized spacial score (nSPS) is 23.0. The van der Waals surface area contributed by atoms with Crippen molar-refractivity contribution in [3.05, 3.63) is 17.5 Å². The summed E-state index contributed by atoms with van der Waals surface area (Å²) in [5.41, 5.74) is 2.17. The molecule has 0 unspecified atom stereocenters. The maximum atomic E-state index is 12.5. The Morgan fingerprint density at radius 1 is 1.42 bits per heavy atom. The fourth-order valence-corrected chi connectivity index (χ4v) is 3.83. The van der Waals surface area contributed by atoms with Gasteiger partial charge in [-0.2, -0.15) is 5.10 Å². The summed E-state index contributed by atoms with van der Waals surface area (Å²) in [4.78, 5) is 26.0. The molecule has 1 saturated heterocycles. The minimum absolute atomic E-state index is 0.0321. The average molecular weight is 334 g/mol. The van der Waals surface area contributed by atoms with E-state index in [0.717, 1.165) is 30.5 Å². The van der Waals surface area contributed by atoms with Crippen molar-refractivity contribution in [3.8, 4) is 0 Å². The average Bonchev–Trinajstić information content (AvgIpc) is 3.16. The molecule has 0 radical (unpaired) electrons. The molecule has 1 N–H and O–H groups in total. The van der Waals surface area contributed by atoms with Gasteiger partial charge in [0.15, 0.2) is 0 Å². The Morgan fingerprint density at radius 2 is 2.08 bits per heavy atom. The number of aryl methyl sites for hydroxylation is 1. The number of esters is 1. The number of rotatable bonds is 3. The Hall–Kier alpha value is -2.05. The number of likely N-dealkylation sites (tertiary alicyclic amines) is 1. The van der Waals surface area contributed by atoms with Gasteiger partial charge in [-0.05, 0) is 38.5 Å². The quantitative estimate of drug-likeness (QED) is 0.855. The fourth-order valence-electron chi connectivity index (χ4n) is 3.83. The van der Waals surface area contributed by atoms with Crippen molar-refractivity contribution >= 4 is 12.0 Å². The topological polar surface area (TPSA) is 76.5 Å². The summed E-state index contributed by atoms with van der Waals surface area (Å²) in [7, 11) is 3.34. The van der Waals surface area contributed by atoms with Gasteiger partial charge < -0.3 is 15.0 Å². The lowest BCUT2D eigenvalue weighted by Gasteiger charge is -2.33. The molecule has 1 aliphatic heterocycles. The number of carbonyl (C=O) groups is 2. The number of piperidine rings is 1. The second-order valence-corrected chi connectivity index (χ2v) is 7.11. The number of hydrogen-bond donors (Lipinski definition) is 1. The van der Waals surface area contributed by atoms with Crippen molar-refractivity contribution in [2.24, 2.45) is 18.4 Å². The number of aromatic nitrogens is 2. The number of hydrogen-bond acceptors (Lipinski definition) is 4. The highest BCUT2D eigenvalue weighted by molar-refractivity contribution is 5.77. The lowest BCUT2D eigenvalue weighted by molar-refractivity contribution is -0.143. The van der Waals surface area contributed by atoms with Gasteiger partial charge in [0.2, 0.25) is 0 Å². The number of urea groups is 1. The first-order valence-electron chi connectivity index (χ1n) is 8.50. The van der Waals surface area contributed by atoms with Crippen molar-refractivity contribution in [2.45, 2.75) is 39.2 Å². The monoisotopic (exact) mass is 334 g/mol. The minimum atomic E-state index is -0.103. The maximum absolute atomic E-state index is 12.5. The first-order valence-corrected chi connectivity index (χ1v) is 8.50. The first-order chi connectivity index (χ1) is 11.4. The van der Waals surface area contributed by atoms with Gasteiger partial charge in [0.25, 0.3) is 0 Å². The standard InChI is InChI=1S/C17H26N4O3/c1-11(13-10-18-20(3)12(13)2)19-16(23)21-7-5-17(6-8-21)9-14(17)15(22)24-4/h10-11,14H,5-9H2,1-4H3,(H,19,23)/t11-,14-/m0/s1. The molecular formula is C17H26N4O3. The third-order valence-electron chi connectivity index (χ3n) is 5.80. The van der Waals surface area contributed by atoms with E-state index < -0.39 is 0 Å². The molecular weight excluding hydrogens is 308 g/mol. The molecule has 132 valence electrons. The van der Waals surface area contributed by atoms with E-state index >= 15 is 0 Å². The van der Waals surface area contributed by atoms with Crippen LogP contribution in [0.15, 0.2) is 6.20 Å². The molecule has 2 heterocycles. The molecule has 0 bridgehead atoms. The minimum Gasteiger partial charge on any atom is -0.469 e. The number of carbonyl (C=O) groups excluding carboxylic acids is 2. The Balaban J connectivity index is 1.53. The molecule has 3 rings (SSSR count). The fraction of sp³-hybridized carbons (Fsp3) is 0.706. The SMILES string of the molecule is COC(=O)[C@@H]1CC12CCN(C(=O)N[C@@H](C)c1cnn(C)c1C)CC2. The van der Waals surface area contributed by atoms with Crippen molar-refractivity contribution in [1.82, 2.24) is 20.0 Å². The summed E-state index contributed by atoms with van der Waals surface area (Å²) in [6, 6.07) is -0.123. The summed E-state index contributed by atoms with van der Waals surface area (Å²) in [6.07, 6.45) is 4.46. The third kappa shape index (κ3) is 2.87. The van der Waals surface area contributed by atoms with Gasteiger partial charge in [0.05, 0.1) is 25.3 Å². The second-order valence-electron chi connectivity index (χ2n) is 7.11. The number of nitrogens with one attached hydrogen (secondary N) is 1. The van der Waals surface area contributed by atoms with Gasteiger partial charge in [-0.15, -0.1) is 0 Å². The summed E-state index contributed by atoms with van der Waals surface area (Å²) in [5.74, 6) is -0.0711. The van der Waals surface area contributed by atoms with E-state index in [1.165, 1.54) is 7.11 Å². The van der Waals surface area contributed by atoms with E-state index in [4.69, 9.17) is 4.74 Å². The molecule has 2 fully saturated rings. The molecule has 2 amide bonds. The van der Waals surface area contributed by atoms with Crippen LogP contribution in [0.25, 0.3) is 0 Å². The van der Waals surface area contributed by atoms with Crippen LogP contribution in [0.4, 0.5) is 4.79 Å². The highest BCUT2D eigenvalue weighted by atomic mass is 16.5. The van der Waals surface area contributed by atoms with Gasteiger partial charge >= 0.3 is 12.0 Å². The molecule has 1 spiro atoms. The zero-order valence-electron chi connectivity index (χ0n) is 14.8. The van der Waals surface area contributed by atoms with Gasteiger partial charge in [0.1, 0.15) is 0 Å². The molecule has 1 aliphatic carbocycles. The predicted octanol–water partition coefficient (Wildman–Crippen LogP) is 1.77. The van der Waals surface area contributed by atoms with Gasteiger partial charge in [-0.25, -0.2) is 4.79 Å². The van der Waals surface area contributed by atoms with Crippen LogP contribution in [-0.4, -0.2) is 46.9 Å². The smallest absolute Gasteiger partial charge is 0.317 e. The van der Waals surface area contributed by atoms with Crippen LogP contribution in [0.5, 0.6) is 0 Å². The van der Waals surface area contributed by atoms with Gasteiger partial charge in [0, 0.05) is 31.4 Å². The summed E-state index contributed by atoms with van der Waals surface area (Å²) in [6.45, 7) is 5.35. The lowest BCUT2D eigenvalue weighted by Crippen LogP contribution is -2.46. The Bertz CT molecular complexity index is 646. The first kappa shape index (κ1) is 16.8. The summed E-state index contributed by atoms with van der Waals surface area (Å²) in [5, 5.41) is 7.28. The Morgan fingerprint density at radius 3 is 2.62 bits per heavy atom. The van der Waals surface area contributed by atoms with E-state index in [-0.39, 0.29) is 29.4 Å². The maximum Gasteiger partial charge on any atom is 0.317 e. The van der Waals surface area contributed by atoms with Crippen LogP contribution in [0, 0.1) is 18.3 Å². The Kier molecular flexibility index (Phi) is 4.27. The van der Waals surface area contributed by atoms with Gasteiger partial charge in [-0.3, -0.25) is 9.48 Å². The van der Waals surface area contributed by atoms with E-state index in [1.54, 1.807) is 6.20 Å². The van der Waals surface area contributed by atoms with Crippen LogP contribution >= 0.6 is 0 Å². The van der Waals surface area contributed by atoms with E-state index in [1.807, 2.05) is 30.5 Å². The van der Waals surface area contributed by atoms with E-state index in [0.29, 0.717) is 13.1 Å². The lowest BCUT2D eigenvalue weighted by atomic mass is 9.91. The molecule has 7 heteroatoms. The molecule has 2 atom stereocenters. The predicted molar refractivity (Wildman–Crippen MR) is 88.3 cm³/mol. The Labute approximate surface area is 142 Å². The van der Waals surface area contributed by atoms with E-state index in [9.17, 15) is 9.59 Å². The molecule has 1 aromatic heterocycles. The van der Waals surface area contributed by atoms with Crippen LogP contribution in [0.1, 0.15) is 43.5 Å². The largest absolute Gasteiger partial charge is 0.469 e. The molecule has 1 aromatic rings. The molecule has 0 aromatic carbocycles. The number of methoxy groups -OCH3 is 1. The van der Waals surface area contributed by atoms with Crippen LogP contribution in [0.2, 0.25) is 0 Å². The molecule has 1 saturated carbocycles. The van der Waals surface area contributed by atoms with Crippen molar-refractivity contribution in [3.63, 3.8) is 0 Å². The summed E-state index contributed by atoms with van der Waals surface area (Å²) < 4.78 is 6.66. The highest BCUT2D eigenvalue weighted by Crippen LogP contribution is 2.59. The second kappa shape index (κ2) is 6.11. The van der Waals surface area contributed by atoms with Crippen LogP contribution in [0.3, 0.4) is 0 Å². The van der Waals surface area contributed by atoms with E-state index in [2.05, 4.69) is 10.4 Å². The van der Waals surface area contributed by atoms with Crippen molar-refractivity contribution < 1.29 is 14.3 Å². The zero-order valence-corrected chi connectivity index (χ0v) is 14.8.